The lowest BCUT2D eigenvalue weighted by molar-refractivity contribution is 0.372. The van der Waals surface area contributed by atoms with Crippen molar-refractivity contribution in [3.63, 3.8) is 0 Å². The van der Waals surface area contributed by atoms with E-state index >= 15 is 0 Å². The Kier molecular flexibility index (Phi) is 13.2. The first-order valence-corrected chi connectivity index (χ1v) is 7.82. The molecular formula is C15H34N4. The van der Waals surface area contributed by atoms with Crippen molar-refractivity contribution in [2.45, 2.75) is 64.7 Å². The predicted octanol–water partition coefficient (Wildman–Crippen LogP) is 2.71. The van der Waals surface area contributed by atoms with E-state index in [0.717, 1.165) is 31.6 Å². The maximum atomic E-state index is 5.83. The van der Waals surface area contributed by atoms with Crippen LogP contribution in [-0.2, 0) is 0 Å². The van der Waals surface area contributed by atoms with Crippen molar-refractivity contribution in [2.75, 3.05) is 20.1 Å². The Morgan fingerprint density at radius 3 is 2.05 bits per heavy atom. The fourth-order valence-corrected chi connectivity index (χ4v) is 2.03. The largest absolute Gasteiger partial charge is 0.401 e. The van der Waals surface area contributed by atoms with Crippen LogP contribution in [0.1, 0.15) is 64.7 Å². The standard InChI is InChI=1S/C15H34N4/c1-3-15(16)14-19(17)13-11-9-7-5-4-6-8-10-12-18-2/h14,18H,3-13,16-17H2,1-2H3/b15-14-. The highest BCUT2D eigenvalue weighted by Gasteiger charge is 1.96. The molecule has 0 aliphatic rings. The molecule has 0 unspecified atom stereocenters. The van der Waals surface area contributed by atoms with Gasteiger partial charge in [-0.1, -0.05) is 45.4 Å². The van der Waals surface area contributed by atoms with Gasteiger partial charge in [0.25, 0.3) is 0 Å². The van der Waals surface area contributed by atoms with E-state index in [4.69, 9.17) is 11.6 Å². The smallest absolute Gasteiger partial charge is 0.0342 e. The maximum Gasteiger partial charge on any atom is 0.0342 e. The zero-order valence-corrected chi connectivity index (χ0v) is 13.0. The van der Waals surface area contributed by atoms with Crippen molar-refractivity contribution < 1.29 is 0 Å². The minimum absolute atomic E-state index is 0.851. The predicted molar refractivity (Wildman–Crippen MR) is 84.3 cm³/mol. The molecule has 0 rings (SSSR count). The number of hydrazine groups is 1. The van der Waals surface area contributed by atoms with Crippen molar-refractivity contribution in [3.05, 3.63) is 11.9 Å². The third kappa shape index (κ3) is 13.5. The number of nitrogens with one attached hydrogen (secondary N) is 1. The average molecular weight is 270 g/mol. The molecule has 19 heavy (non-hydrogen) atoms. The van der Waals surface area contributed by atoms with E-state index in [1.54, 1.807) is 5.01 Å². The molecule has 114 valence electrons. The Labute approximate surface area is 119 Å². The van der Waals surface area contributed by atoms with Gasteiger partial charge in [0.15, 0.2) is 0 Å². The molecule has 0 saturated heterocycles. The number of hydrogen-bond acceptors (Lipinski definition) is 4. The number of nitrogens with two attached hydrogens (primary N) is 2. The lowest BCUT2D eigenvalue weighted by Gasteiger charge is -2.14. The summed E-state index contributed by atoms with van der Waals surface area (Å²) < 4.78 is 0. The summed E-state index contributed by atoms with van der Waals surface area (Å²) in [5.74, 6) is 5.83. The highest BCUT2D eigenvalue weighted by Crippen LogP contribution is 2.08. The number of allylic oxidation sites excluding steroid dienone is 1. The topological polar surface area (TPSA) is 67.3 Å². The second-order valence-electron chi connectivity index (χ2n) is 5.23. The Bertz CT molecular complexity index is 216. The molecule has 0 aliphatic heterocycles. The van der Waals surface area contributed by atoms with Crippen LogP contribution in [0.2, 0.25) is 0 Å². The third-order valence-corrected chi connectivity index (χ3v) is 3.33. The second-order valence-corrected chi connectivity index (χ2v) is 5.23. The van der Waals surface area contributed by atoms with Crippen LogP contribution >= 0.6 is 0 Å². The van der Waals surface area contributed by atoms with Crippen molar-refractivity contribution in [1.29, 1.82) is 0 Å². The van der Waals surface area contributed by atoms with Crippen molar-refractivity contribution in [3.8, 4) is 0 Å². The van der Waals surface area contributed by atoms with Gasteiger partial charge >= 0.3 is 0 Å². The Hall–Kier alpha value is -0.740. The van der Waals surface area contributed by atoms with Crippen LogP contribution in [0.25, 0.3) is 0 Å². The first-order chi connectivity index (χ1) is 9.20. The summed E-state index contributed by atoms with van der Waals surface area (Å²) in [6.07, 6.45) is 13.2. The number of rotatable bonds is 13. The average Bonchev–Trinajstić information content (AvgIpc) is 2.40. The van der Waals surface area contributed by atoms with Crippen LogP contribution in [0.5, 0.6) is 0 Å². The molecule has 0 atom stereocenters. The molecule has 0 bridgehead atoms. The number of hydrogen-bond donors (Lipinski definition) is 3. The molecule has 0 spiro atoms. The van der Waals surface area contributed by atoms with E-state index in [0.29, 0.717) is 0 Å². The van der Waals surface area contributed by atoms with E-state index in [1.807, 2.05) is 20.2 Å². The van der Waals surface area contributed by atoms with Crippen LogP contribution in [0.15, 0.2) is 11.9 Å². The normalized spacial score (nSPS) is 11.8. The van der Waals surface area contributed by atoms with Gasteiger partial charge in [0.1, 0.15) is 0 Å². The van der Waals surface area contributed by atoms with E-state index in [9.17, 15) is 0 Å². The van der Waals surface area contributed by atoms with Gasteiger partial charge in [-0.15, -0.1) is 0 Å². The third-order valence-electron chi connectivity index (χ3n) is 3.33. The van der Waals surface area contributed by atoms with Gasteiger partial charge in [-0.3, -0.25) is 0 Å². The number of unbranched alkanes of at least 4 members (excludes halogenated alkanes) is 7. The molecule has 4 heteroatoms. The summed E-state index contributed by atoms with van der Waals surface area (Å²) in [6, 6.07) is 0. The van der Waals surface area contributed by atoms with E-state index in [1.165, 1.54) is 44.9 Å². The molecule has 0 radical (unpaired) electrons. The summed E-state index contributed by atoms with van der Waals surface area (Å²) in [7, 11) is 2.02. The molecule has 0 amide bonds. The van der Waals surface area contributed by atoms with Gasteiger partial charge in [0.05, 0.1) is 0 Å². The molecule has 0 heterocycles. The first kappa shape index (κ1) is 18.3. The lowest BCUT2D eigenvalue weighted by atomic mass is 10.1. The van der Waals surface area contributed by atoms with Gasteiger partial charge in [0, 0.05) is 18.4 Å². The molecule has 0 aliphatic carbocycles. The van der Waals surface area contributed by atoms with Gasteiger partial charge in [-0.25, -0.2) is 5.84 Å². The monoisotopic (exact) mass is 270 g/mol. The zero-order chi connectivity index (χ0) is 14.3. The minimum atomic E-state index is 0.851. The second kappa shape index (κ2) is 13.7. The Morgan fingerprint density at radius 2 is 1.53 bits per heavy atom. The molecule has 0 saturated carbocycles. The lowest BCUT2D eigenvalue weighted by Crippen LogP contribution is -2.27. The van der Waals surface area contributed by atoms with E-state index in [-0.39, 0.29) is 0 Å². The highest BCUT2D eigenvalue weighted by molar-refractivity contribution is 4.93. The van der Waals surface area contributed by atoms with Crippen LogP contribution in [0.4, 0.5) is 0 Å². The zero-order valence-electron chi connectivity index (χ0n) is 13.0. The Balaban J connectivity index is 3.22. The van der Waals surface area contributed by atoms with Crippen LogP contribution in [0, 0.1) is 0 Å². The van der Waals surface area contributed by atoms with Gasteiger partial charge in [-0.05, 0) is 32.9 Å². The van der Waals surface area contributed by atoms with Gasteiger partial charge < -0.3 is 16.1 Å². The van der Waals surface area contributed by atoms with Crippen LogP contribution in [0.3, 0.4) is 0 Å². The summed E-state index contributed by atoms with van der Waals surface area (Å²) >= 11 is 0. The van der Waals surface area contributed by atoms with Crippen molar-refractivity contribution >= 4 is 0 Å². The molecule has 0 aromatic carbocycles. The molecule has 0 fully saturated rings. The maximum absolute atomic E-state index is 5.83. The Morgan fingerprint density at radius 1 is 1.00 bits per heavy atom. The molecule has 4 nitrogen and oxygen atoms in total. The number of nitrogens with zero attached hydrogens (tertiary/aromatic N) is 1. The van der Waals surface area contributed by atoms with Crippen LogP contribution < -0.4 is 16.9 Å². The molecule has 0 aromatic rings. The minimum Gasteiger partial charge on any atom is -0.401 e. The van der Waals surface area contributed by atoms with Gasteiger partial charge in [0.2, 0.25) is 0 Å². The summed E-state index contributed by atoms with van der Waals surface area (Å²) in [4.78, 5) is 0. The molecule has 0 aromatic heterocycles. The van der Waals surface area contributed by atoms with Gasteiger partial charge in [-0.2, -0.15) is 0 Å². The fraction of sp³-hybridized carbons (Fsp3) is 0.867. The van der Waals surface area contributed by atoms with E-state index in [2.05, 4.69) is 5.32 Å². The SMILES string of the molecule is CC/C(N)=C/N(N)CCCCCCCCCCNC. The first-order valence-electron chi connectivity index (χ1n) is 7.82. The van der Waals surface area contributed by atoms with Crippen LogP contribution in [-0.4, -0.2) is 25.1 Å². The van der Waals surface area contributed by atoms with Crippen molar-refractivity contribution in [2.24, 2.45) is 11.6 Å². The van der Waals surface area contributed by atoms with E-state index < -0.39 is 0 Å². The summed E-state index contributed by atoms with van der Waals surface area (Å²) in [5, 5.41) is 4.90. The summed E-state index contributed by atoms with van der Waals surface area (Å²) in [6.45, 7) is 4.10. The summed E-state index contributed by atoms with van der Waals surface area (Å²) in [5.41, 5.74) is 6.58. The fourth-order valence-electron chi connectivity index (χ4n) is 2.03. The van der Waals surface area contributed by atoms with Crippen molar-refractivity contribution in [1.82, 2.24) is 10.3 Å². The molecule has 5 N–H and O–H groups in total. The quantitative estimate of drug-likeness (QED) is 0.273. The highest BCUT2D eigenvalue weighted by atomic mass is 15.4. The molecular weight excluding hydrogens is 236 g/mol.